The fourth-order valence-electron chi connectivity index (χ4n) is 2.45. The molecule has 0 aromatic heterocycles. The van der Waals surface area contributed by atoms with Crippen molar-refractivity contribution in [2.75, 3.05) is 14.1 Å². The molecule has 0 spiro atoms. The average Bonchev–Trinajstić information content (AvgIpc) is 2.39. The number of rotatable bonds is 8. The molecule has 0 bridgehead atoms. The van der Waals surface area contributed by atoms with E-state index in [4.69, 9.17) is 0 Å². The molecule has 1 aromatic rings. The van der Waals surface area contributed by atoms with E-state index in [1.807, 2.05) is 0 Å². The minimum Gasteiger partial charge on any atom is -1.00 e. The number of halogens is 1. The summed E-state index contributed by atoms with van der Waals surface area (Å²) >= 11 is 0. The van der Waals surface area contributed by atoms with Crippen molar-refractivity contribution < 1.29 is 16.9 Å². The van der Waals surface area contributed by atoms with Crippen LogP contribution < -0.4 is 12.4 Å². The molecular weight excluding hydrogens is 254 g/mol. The first-order chi connectivity index (χ1) is 8.61. The lowest BCUT2D eigenvalue weighted by molar-refractivity contribution is -0.872. The van der Waals surface area contributed by atoms with Crippen molar-refractivity contribution in [3.63, 3.8) is 0 Å². The van der Waals surface area contributed by atoms with Gasteiger partial charge >= 0.3 is 0 Å². The molecule has 0 saturated carbocycles. The minimum atomic E-state index is 0. The summed E-state index contributed by atoms with van der Waals surface area (Å²) in [5, 5.41) is 0. The van der Waals surface area contributed by atoms with E-state index < -0.39 is 0 Å². The first-order valence-corrected chi connectivity index (χ1v) is 7.13. The van der Waals surface area contributed by atoms with Crippen LogP contribution in [0, 0.1) is 0 Å². The Kier molecular flexibility index (Phi) is 8.79. The largest absolute Gasteiger partial charge is 1.00 e. The molecule has 2 heteroatoms. The van der Waals surface area contributed by atoms with Gasteiger partial charge in [0.15, 0.2) is 0 Å². The van der Waals surface area contributed by atoms with Crippen LogP contribution in [0.15, 0.2) is 43.1 Å². The van der Waals surface area contributed by atoms with Gasteiger partial charge in [0.2, 0.25) is 0 Å². The van der Waals surface area contributed by atoms with Gasteiger partial charge < -0.3 is 12.4 Å². The van der Waals surface area contributed by atoms with Gasteiger partial charge in [-0.15, -0.1) is 0 Å². The van der Waals surface area contributed by atoms with E-state index >= 15 is 0 Å². The summed E-state index contributed by atoms with van der Waals surface area (Å²) in [6.07, 6.45) is 8.60. The molecule has 19 heavy (non-hydrogen) atoms. The van der Waals surface area contributed by atoms with Gasteiger partial charge in [-0.2, -0.15) is 0 Å². The van der Waals surface area contributed by atoms with E-state index in [1.165, 1.54) is 37.7 Å². The monoisotopic (exact) mass is 281 g/mol. The summed E-state index contributed by atoms with van der Waals surface area (Å²) in [6, 6.07) is 11.4. The zero-order valence-corrected chi connectivity index (χ0v) is 13.4. The van der Waals surface area contributed by atoms with Gasteiger partial charge in [0.1, 0.15) is 6.04 Å². The maximum Gasteiger partial charge on any atom is 0.118 e. The highest BCUT2D eigenvalue weighted by Gasteiger charge is 2.26. The van der Waals surface area contributed by atoms with Gasteiger partial charge in [0.05, 0.1) is 20.3 Å². The first-order valence-electron chi connectivity index (χ1n) is 7.13. The standard InChI is InChI=1S/C17H28N.ClH/c1-5-7-8-12-15-17(18(3,4)6-2)16-13-10-9-11-14-16;/h6,9-11,13-14,17H,2,5,7-8,12,15H2,1,3-4H3;1H/q+1;/p-1. The number of nitrogens with zero attached hydrogens (tertiary/aromatic N) is 1. The predicted octanol–water partition coefficient (Wildman–Crippen LogP) is 1.92. The van der Waals surface area contributed by atoms with Crippen LogP contribution in [0.5, 0.6) is 0 Å². The second-order valence-electron chi connectivity index (χ2n) is 5.59. The van der Waals surface area contributed by atoms with E-state index in [2.05, 4.69) is 64.1 Å². The second kappa shape index (κ2) is 9.17. The van der Waals surface area contributed by atoms with Crippen LogP contribution in [-0.2, 0) is 0 Å². The van der Waals surface area contributed by atoms with Crippen LogP contribution in [0.25, 0.3) is 0 Å². The summed E-state index contributed by atoms with van der Waals surface area (Å²) in [5.41, 5.74) is 1.43. The molecule has 0 saturated heterocycles. The smallest absolute Gasteiger partial charge is 0.118 e. The minimum absolute atomic E-state index is 0. The van der Waals surface area contributed by atoms with Crippen LogP contribution in [0.1, 0.15) is 50.6 Å². The number of quaternary nitrogens is 1. The van der Waals surface area contributed by atoms with Crippen molar-refractivity contribution >= 4 is 0 Å². The summed E-state index contributed by atoms with van der Waals surface area (Å²) in [5.74, 6) is 0. The Bertz CT molecular complexity index is 346. The number of hydrogen-bond donors (Lipinski definition) is 0. The third-order valence-electron chi connectivity index (χ3n) is 3.79. The maximum absolute atomic E-state index is 4.00. The van der Waals surface area contributed by atoms with E-state index in [0.717, 1.165) is 4.48 Å². The Hall–Kier alpha value is -0.790. The van der Waals surface area contributed by atoms with Gasteiger partial charge in [0, 0.05) is 12.0 Å². The van der Waals surface area contributed by atoms with Gasteiger partial charge in [-0.05, 0) is 13.0 Å². The second-order valence-corrected chi connectivity index (χ2v) is 5.59. The number of hydrogen-bond acceptors (Lipinski definition) is 0. The summed E-state index contributed by atoms with van der Waals surface area (Å²) in [7, 11) is 4.48. The fraction of sp³-hybridized carbons (Fsp3) is 0.529. The summed E-state index contributed by atoms with van der Waals surface area (Å²) in [6.45, 7) is 6.26. The Morgan fingerprint density at radius 2 is 1.74 bits per heavy atom. The first kappa shape index (κ1) is 18.2. The van der Waals surface area contributed by atoms with Gasteiger partial charge in [-0.25, -0.2) is 0 Å². The Labute approximate surface area is 125 Å². The predicted molar refractivity (Wildman–Crippen MR) is 80.2 cm³/mol. The zero-order valence-electron chi connectivity index (χ0n) is 12.6. The molecule has 0 aliphatic heterocycles. The molecule has 0 amide bonds. The molecule has 0 aliphatic carbocycles. The highest BCUT2D eigenvalue weighted by atomic mass is 35.5. The lowest BCUT2D eigenvalue weighted by Crippen LogP contribution is -3.00. The van der Waals surface area contributed by atoms with Crippen LogP contribution >= 0.6 is 0 Å². The molecule has 0 aliphatic rings. The van der Waals surface area contributed by atoms with Crippen LogP contribution in [-0.4, -0.2) is 18.6 Å². The van der Waals surface area contributed by atoms with Gasteiger partial charge in [-0.3, -0.25) is 4.48 Å². The lowest BCUT2D eigenvalue weighted by atomic mass is 9.97. The number of unbranched alkanes of at least 4 members (excludes halogenated alkanes) is 3. The maximum atomic E-state index is 4.00. The SMILES string of the molecule is C=C[N+](C)(C)C(CCCCCC)c1ccccc1.[Cl-]. The Balaban J connectivity index is 0.00000324. The molecule has 108 valence electrons. The van der Waals surface area contributed by atoms with Crippen molar-refractivity contribution in [1.29, 1.82) is 0 Å². The van der Waals surface area contributed by atoms with Crippen molar-refractivity contribution in [2.24, 2.45) is 0 Å². The van der Waals surface area contributed by atoms with Crippen molar-refractivity contribution in [3.05, 3.63) is 48.7 Å². The molecule has 1 rings (SSSR count). The summed E-state index contributed by atoms with van der Waals surface area (Å²) in [4.78, 5) is 0. The number of benzene rings is 1. The molecule has 0 radical (unpaired) electrons. The molecule has 0 heterocycles. The molecule has 0 N–H and O–H groups in total. The van der Waals surface area contributed by atoms with Crippen molar-refractivity contribution in [3.8, 4) is 0 Å². The fourth-order valence-corrected chi connectivity index (χ4v) is 2.45. The van der Waals surface area contributed by atoms with Crippen molar-refractivity contribution in [2.45, 2.75) is 45.1 Å². The molecular formula is C17H28ClN. The van der Waals surface area contributed by atoms with E-state index in [9.17, 15) is 0 Å². The van der Waals surface area contributed by atoms with E-state index in [-0.39, 0.29) is 12.4 Å². The van der Waals surface area contributed by atoms with E-state index in [1.54, 1.807) is 0 Å². The average molecular weight is 282 g/mol. The quantitative estimate of drug-likeness (QED) is 0.505. The zero-order chi connectivity index (χ0) is 13.4. The third kappa shape index (κ3) is 5.80. The van der Waals surface area contributed by atoms with Gasteiger partial charge in [0.25, 0.3) is 0 Å². The summed E-state index contributed by atoms with van der Waals surface area (Å²) < 4.78 is 0.857. The van der Waals surface area contributed by atoms with E-state index in [0.29, 0.717) is 6.04 Å². The molecule has 1 aromatic carbocycles. The molecule has 1 nitrogen and oxygen atoms in total. The van der Waals surface area contributed by atoms with Crippen molar-refractivity contribution in [1.82, 2.24) is 0 Å². The molecule has 1 atom stereocenters. The van der Waals surface area contributed by atoms with Gasteiger partial charge in [-0.1, -0.05) is 56.5 Å². The highest BCUT2D eigenvalue weighted by Crippen LogP contribution is 2.30. The Morgan fingerprint density at radius 1 is 1.11 bits per heavy atom. The molecule has 1 unspecified atom stereocenters. The van der Waals surface area contributed by atoms with Crippen LogP contribution in [0.4, 0.5) is 0 Å². The highest BCUT2D eigenvalue weighted by molar-refractivity contribution is 5.17. The Morgan fingerprint density at radius 3 is 2.26 bits per heavy atom. The van der Waals surface area contributed by atoms with Crippen LogP contribution in [0.3, 0.4) is 0 Å². The van der Waals surface area contributed by atoms with Crippen LogP contribution in [0.2, 0.25) is 0 Å². The molecule has 0 fully saturated rings. The normalized spacial score (nSPS) is 12.6. The lowest BCUT2D eigenvalue weighted by Gasteiger charge is -2.34. The third-order valence-corrected chi connectivity index (χ3v) is 3.79. The topological polar surface area (TPSA) is 0 Å².